The molecule has 0 radical (unpaired) electrons. The number of rotatable bonds is 3. The van der Waals surface area contributed by atoms with E-state index in [0.29, 0.717) is 12.1 Å². The minimum Gasteiger partial charge on any atom is -0.315 e. The minimum atomic E-state index is -3.54. The van der Waals surface area contributed by atoms with Crippen LogP contribution in [0.4, 0.5) is 0 Å². The Morgan fingerprint density at radius 2 is 2.25 bits per heavy atom. The summed E-state index contributed by atoms with van der Waals surface area (Å²) in [5.74, 6) is 0. The van der Waals surface area contributed by atoms with Crippen molar-refractivity contribution < 1.29 is 8.42 Å². The second kappa shape index (κ2) is 5.12. The lowest BCUT2D eigenvalue weighted by Crippen LogP contribution is -2.36. The third-order valence-electron chi connectivity index (χ3n) is 3.48. The summed E-state index contributed by atoms with van der Waals surface area (Å²) >= 11 is 0. The molecule has 1 atom stereocenters. The van der Waals surface area contributed by atoms with Crippen LogP contribution in [0.3, 0.4) is 0 Å². The first-order chi connectivity index (χ1) is 9.56. The highest BCUT2D eigenvalue weighted by molar-refractivity contribution is 7.89. The molecule has 1 aliphatic heterocycles. The zero-order valence-corrected chi connectivity index (χ0v) is 12.1. The fourth-order valence-electron chi connectivity index (χ4n) is 2.50. The Labute approximate surface area is 118 Å². The van der Waals surface area contributed by atoms with E-state index in [4.69, 9.17) is 0 Å². The molecule has 3 rings (SSSR count). The van der Waals surface area contributed by atoms with Gasteiger partial charge in [0.1, 0.15) is 4.90 Å². The van der Waals surface area contributed by atoms with Gasteiger partial charge in [-0.15, -0.1) is 0 Å². The van der Waals surface area contributed by atoms with Crippen LogP contribution in [0.25, 0.3) is 10.9 Å². The highest BCUT2D eigenvalue weighted by atomic mass is 32.2. The number of aromatic nitrogens is 1. The highest BCUT2D eigenvalue weighted by Crippen LogP contribution is 2.22. The van der Waals surface area contributed by atoms with Crippen molar-refractivity contribution >= 4 is 20.9 Å². The first-order valence-corrected chi connectivity index (χ1v) is 8.13. The maximum atomic E-state index is 12.5. The molecular formula is C14H17N3O2S. The van der Waals surface area contributed by atoms with Gasteiger partial charge in [0.15, 0.2) is 0 Å². The summed E-state index contributed by atoms with van der Waals surface area (Å²) in [4.78, 5) is 4.54. The maximum absolute atomic E-state index is 12.5. The molecule has 2 N–H and O–H groups in total. The predicted octanol–water partition coefficient (Wildman–Crippen LogP) is 1.18. The lowest BCUT2D eigenvalue weighted by molar-refractivity contribution is 0.561. The van der Waals surface area contributed by atoms with Crippen molar-refractivity contribution in [3.05, 3.63) is 36.0 Å². The molecule has 5 nitrogen and oxygen atoms in total. The van der Waals surface area contributed by atoms with Gasteiger partial charge in [0.25, 0.3) is 0 Å². The minimum absolute atomic E-state index is 0.0410. The topological polar surface area (TPSA) is 71.1 Å². The molecule has 106 valence electrons. The van der Waals surface area contributed by atoms with E-state index in [1.165, 1.54) is 0 Å². The molecule has 0 aliphatic carbocycles. The summed E-state index contributed by atoms with van der Waals surface area (Å²) in [6, 6.07) is 7.14. The van der Waals surface area contributed by atoms with E-state index >= 15 is 0 Å². The van der Waals surface area contributed by atoms with Gasteiger partial charge >= 0.3 is 0 Å². The molecule has 2 heterocycles. The van der Waals surface area contributed by atoms with Gasteiger partial charge in [0.2, 0.25) is 10.0 Å². The van der Waals surface area contributed by atoms with Crippen molar-refractivity contribution in [2.24, 2.45) is 0 Å². The summed E-state index contributed by atoms with van der Waals surface area (Å²) in [6.45, 7) is 3.47. The largest absolute Gasteiger partial charge is 0.315 e. The molecule has 1 aliphatic rings. The van der Waals surface area contributed by atoms with Gasteiger partial charge in [-0.2, -0.15) is 0 Å². The normalized spacial score (nSPS) is 19.6. The van der Waals surface area contributed by atoms with Gasteiger partial charge in [-0.25, -0.2) is 13.1 Å². The van der Waals surface area contributed by atoms with E-state index in [1.54, 1.807) is 18.3 Å². The molecule has 0 spiro atoms. The Bertz CT molecular complexity index is 737. The molecule has 1 aromatic carbocycles. The molecule has 0 amide bonds. The second-order valence-corrected chi connectivity index (χ2v) is 6.83. The monoisotopic (exact) mass is 291 g/mol. The molecule has 1 saturated heterocycles. The fraction of sp³-hybridized carbons (Fsp3) is 0.357. The number of pyridine rings is 1. The van der Waals surface area contributed by atoms with Gasteiger partial charge in [0, 0.05) is 24.2 Å². The van der Waals surface area contributed by atoms with E-state index in [1.807, 2.05) is 19.1 Å². The second-order valence-electron chi connectivity index (χ2n) is 5.15. The summed E-state index contributed by atoms with van der Waals surface area (Å²) in [5, 5.41) is 3.99. The summed E-state index contributed by atoms with van der Waals surface area (Å²) in [7, 11) is -3.54. The first kappa shape index (κ1) is 13.5. The molecule has 6 heteroatoms. The molecule has 2 aromatic rings. The van der Waals surface area contributed by atoms with E-state index in [0.717, 1.165) is 23.9 Å². The number of nitrogens with one attached hydrogen (secondary N) is 2. The average Bonchev–Trinajstić information content (AvgIpc) is 2.89. The van der Waals surface area contributed by atoms with Gasteiger partial charge in [-0.3, -0.25) is 4.98 Å². The van der Waals surface area contributed by atoms with Crippen LogP contribution in [0.5, 0.6) is 0 Å². The number of hydrogen-bond donors (Lipinski definition) is 2. The van der Waals surface area contributed by atoms with Crippen LogP contribution in [0.2, 0.25) is 0 Å². The molecule has 1 unspecified atom stereocenters. The quantitative estimate of drug-likeness (QED) is 0.891. The molecule has 20 heavy (non-hydrogen) atoms. The number of hydrogen-bond acceptors (Lipinski definition) is 4. The number of fused-ring (bicyclic) bond motifs is 1. The number of nitrogens with zero attached hydrogens (tertiary/aromatic N) is 1. The standard InChI is InChI=1S/C14H17N3O2S/c1-10-7-11-3-2-4-13(14(11)16-8-10)20(18,19)17-12-5-6-15-9-12/h2-4,7-8,12,15,17H,5-6,9H2,1H3. The molecule has 1 fully saturated rings. The molecular weight excluding hydrogens is 274 g/mol. The number of para-hydroxylation sites is 1. The summed E-state index contributed by atoms with van der Waals surface area (Å²) in [5.41, 5.74) is 1.54. The van der Waals surface area contributed by atoms with Crippen molar-refractivity contribution in [3.63, 3.8) is 0 Å². The third-order valence-corrected chi connectivity index (χ3v) is 5.03. The van der Waals surface area contributed by atoms with E-state index in [-0.39, 0.29) is 10.9 Å². The van der Waals surface area contributed by atoms with Crippen molar-refractivity contribution in [1.29, 1.82) is 0 Å². The smallest absolute Gasteiger partial charge is 0.243 e. The SMILES string of the molecule is Cc1cnc2c(S(=O)(=O)NC3CCNC3)cccc2c1. The Hall–Kier alpha value is -1.50. The van der Waals surface area contributed by atoms with Crippen molar-refractivity contribution in [1.82, 2.24) is 15.0 Å². The first-order valence-electron chi connectivity index (χ1n) is 6.65. The highest BCUT2D eigenvalue weighted by Gasteiger charge is 2.24. The lowest BCUT2D eigenvalue weighted by Gasteiger charge is -2.13. The average molecular weight is 291 g/mol. The third kappa shape index (κ3) is 2.54. The van der Waals surface area contributed by atoms with Crippen LogP contribution in [0.1, 0.15) is 12.0 Å². The zero-order chi connectivity index (χ0) is 14.2. The molecule has 1 aromatic heterocycles. The Balaban J connectivity index is 2.04. The van der Waals surface area contributed by atoms with Crippen LogP contribution in [-0.2, 0) is 10.0 Å². The molecule has 0 saturated carbocycles. The zero-order valence-electron chi connectivity index (χ0n) is 11.3. The van der Waals surface area contributed by atoms with Gasteiger partial charge < -0.3 is 5.32 Å². The van der Waals surface area contributed by atoms with Crippen molar-refractivity contribution in [2.75, 3.05) is 13.1 Å². The lowest BCUT2D eigenvalue weighted by atomic mass is 10.2. The van der Waals surface area contributed by atoms with Crippen LogP contribution < -0.4 is 10.0 Å². The van der Waals surface area contributed by atoms with E-state index < -0.39 is 10.0 Å². The number of sulfonamides is 1. The Morgan fingerprint density at radius 3 is 3.00 bits per heavy atom. The van der Waals surface area contributed by atoms with Crippen LogP contribution >= 0.6 is 0 Å². The molecule has 0 bridgehead atoms. The van der Waals surface area contributed by atoms with Crippen LogP contribution in [0, 0.1) is 6.92 Å². The van der Waals surface area contributed by atoms with Crippen molar-refractivity contribution in [3.8, 4) is 0 Å². The Morgan fingerprint density at radius 1 is 1.40 bits per heavy atom. The number of aryl methyl sites for hydroxylation is 1. The summed E-state index contributed by atoms with van der Waals surface area (Å²) < 4.78 is 27.8. The van der Waals surface area contributed by atoms with Crippen LogP contribution in [-0.4, -0.2) is 32.5 Å². The van der Waals surface area contributed by atoms with Gasteiger partial charge in [-0.05, 0) is 37.6 Å². The Kier molecular flexibility index (Phi) is 3.45. The van der Waals surface area contributed by atoms with Gasteiger partial charge in [-0.1, -0.05) is 12.1 Å². The van der Waals surface area contributed by atoms with E-state index in [2.05, 4.69) is 15.0 Å². The predicted molar refractivity (Wildman–Crippen MR) is 78.1 cm³/mol. The number of benzene rings is 1. The van der Waals surface area contributed by atoms with E-state index in [9.17, 15) is 8.42 Å². The van der Waals surface area contributed by atoms with Gasteiger partial charge in [0.05, 0.1) is 5.52 Å². The fourth-order valence-corrected chi connectivity index (χ4v) is 3.95. The summed E-state index contributed by atoms with van der Waals surface area (Å²) in [6.07, 6.45) is 2.51. The van der Waals surface area contributed by atoms with Crippen molar-refractivity contribution in [2.45, 2.75) is 24.3 Å². The maximum Gasteiger partial charge on any atom is 0.243 e. The van der Waals surface area contributed by atoms with Crippen LogP contribution in [0.15, 0.2) is 35.4 Å².